The number of benzene rings is 2. The lowest BCUT2D eigenvalue weighted by molar-refractivity contribution is -0.123. The summed E-state index contributed by atoms with van der Waals surface area (Å²) < 4.78 is 11.3. The average molecular weight is 394 g/mol. The monoisotopic (exact) mass is 394 g/mol. The molecule has 1 fully saturated rings. The molecule has 1 saturated carbocycles. The van der Waals surface area contributed by atoms with Crippen LogP contribution in [0.15, 0.2) is 42.5 Å². The first kappa shape index (κ1) is 19.3. The van der Waals surface area contributed by atoms with Gasteiger partial charge in [0.15, 0.2) is 6.61 Å². The van der Waals surface area contributed by atoms with Crippen LogP contribution in [-0.2, 0) is 22.4 Å². The Balaban J connectivity index is 1.15. The third-order valence-electron chi connectivity index (χ3n) is 5.18. The van der Waals surface area contributed by atoms with E-state index in [2.05, 4.69) is 22.8 Å². The Morgan fingerprint density at radius 3 is 2.66 bits per heavy atom. The number of aryl methyl sites for hydroxylation is 2. The summed E-state index contributed by atoms with van der Waals surface area (Å²) in [6.07, 6.45) is 5.40. The molecule has 0 atom stereocenters. The number of fused-ring (bicyclic) bond motifs is 1. The minimum absolute atomic E-state index is 0.0447. The van der Waals surface area contributed by atoms with Crippen LogP contribution in [0.1, 0.15) is 30.4 Å². The van der Waals surface area contributed by atoms with E-state index in [4.69, 9.17) is 9.47 Å². The smallest absolute Gasteiger partial charge is 0.258 e. The second-order valence-electron chi connectivity index (χ2n) is 7.56. The minimum atomic E-state index is -0.213. The molecule has 2 aliphatic carbocycles. The molecule has 4 rings (SSSR count). The van der Waals surface area contributed by atoms with Crippen molar-refractivity contribution in [1.29, 1.82) is 0 Å². The number of hydrogen-bond acceptors (Lipinski definition) is 4. The van der Waals surface area contributed by atoms with E-state index in [1.807, 2.05) is 12.1 Å². The van der Waals surface area contributed by atoms with Crippen LogP contribution in [0, 0.1) is 5.92 Å². The summed E-state index contributed by atoms with van der Waals surface area (Å²) in [7, 11) is 0. The zero-order valence-corrected chi connectivity index (χ0v) is 16.4. The van der Waals surface area contributed by atoms with Crippen LogP contribution in [0.4, 0.5) is 5.69 Å². The highest BCUT2D eigenvalue weighted by atomic mass is 16.5. The first-order chi connectivity index (χ1) is 14.2. The molecule has 2 amide bonds. The number of anilines is 1. The summed E-state index contributed by atoms with van der Waals surface area (Å²) in [6.45, 7) is 0.739. The highest BCUT2D eigenvalue weighted by Crippen LogP contribution is 2.30. The van der Waals surface area contributed by atoms with Gasteiger partial charge in [-0.15, -0.1) is 0 Å². The van der Waals surface area contributed by atoms with Crippen LogP contribution in [0.5, 0.6) is 11.5 Å². The third kappa shape index (κ3) is 5.50. The molecule has 0 unspecified atom stereocenters. The normalized spacial score (nSPS) is 14.8. The lowest BCUT2D eigenvalue weighted by Crippen LogP contribution is -2.32. The lowest BCUT2D eigenvalue weighted by Gasteiger charge is -2.11. The summed E-state index contributed by atoms with van der Waals surface area (Å²) >= 11 is 0. The standard InChI is InChI=1S/C23H26N2O4/c26-22(24-11-12-28-21-10-9-16-3-1-4-18(16)13-21)15-29-20-6-2-5-19(14-20)25-23(27)17-7-8-17/h2,5-6,9-10,13-14,17H,1,3-4,7-8,11-12,15H2,(H,24,26)(H,25,27). The first-order valence-electron chi connectivity index (χ1n) is 10.2. The molecule has 6 heteroatoms. The van der Waals surface area contributed by atoms with Gasteiger partial charge in [0.2, 0.25) is 5.91 Å². The van der Waals surface area contributed by atoms with Gasteiger partial charge in [-0.2, -0.15) is 0 Å². The lowest BCUT2D eigenvalue weighted by atomic mass is 10.1. The van der Waals surface area contributed by atoms with Gasteiger partial charge in [0.25, 0.3) is 5.91 Å². The molecule has 2 N–H and O–H groups in total. The Bertz CT molecular complexity index is 892. The molecule has 0 aliphatic heterocycles. The van der Waals surface area contributed by atoms with Gasteiger partial charge in [0, 0.05) is 17.7 Å². The molecular formula is C23H26N2O4. The van der Waals surface area contributed by atoms with E-state index in [0.29, 0.717) is 24.6 Å². The Morgan fingerprint density at radius 1 is 0.966 bits per heavy atom. The molecule has 29 heavy (non-hydrogen) atoms. The number of amides is 2. The fourth-order valence-electron chi connectivity index (χ4n) is 3.45. The predicted octanol–water partition coefficient (Wildman–Crippen LogP) is 3.10. The molecule has 6 nitrogen and oxygen atoms in total. The van der Waals surface area contributed by atoms with Crippen molar-refractivity contribution in [3.05, 3.63) is 53.6 Å². The molecule has 2 aromatic carbocycles. The van der Waals surface area contributed by atoms with Crippen molar-refractivity contribution < 1.29 is 19.1 Å². The number of hydrogen-bond donors (Lipinski definition) is 2. The third-order valence-corrected chi connectivity index (χ3v) is 5.18. The quantitative estimate of drug-likeness (QED) is 0.641. The zero-order valence-electron chi connectivity index (χ0n) is 16.4. The molecular weight excluding hydrogens is 368 g/mol. The fourth-order valence-corrected chi connectivity index (χ4v) is 3.45. The van der Waals surface area contributed by atoms with E-state index in [9.17, 15) is 9.59 Å². The predicted molar refractivity (Wildman–Crippen MR) is 110 cm³/mol. The van der Waals surface area contributed by atoms with Gasteiger partial charge in [-0.3, -0.25) is 9.59 Å². The minimum Gasteiger partial charge on any atom is -0.492 e. The van der Waals surface area contributed by atoms with Crippen LogP contribution in [0.2, 0.25) is 0 Å². The largest absolute Gasteiger partial charge is 0.492 e. The summed E-state index contributed by atoms with van der Waals surface area (Å²) in [5, 5.41) is 5.66. The summed E-state index contributed by atoms with van der Waals surface area (Å²) in [4.78, 5) is 23.8. The highest BCUT2D eigenvalue weighted by Gasteiger charge is 2.29. The van der Waals surface area contributed by atoms with Gasteiger partial charge in [-0.1, -0.05) is 12.1 Å². The summed E-state index contributed by atoms with van der Waals surface area (Å²) in [5.41, 5.74) is 3.47. The molecule has 0 saturated heterocycles. The van der Waals surface area contributed by atoms with Gasteiger partial charge in [-0.25, -0.2) is 0 Å². The molecule has 0 heterocycles. The van der Waals surface area contributed by atoms with Crippen molar-refractivity contribution in [3.63, 3.8) is 0 Å². The van der Waals surface area contributed by atoms with Crippen LogP contribution in [0.3, 0.4) is 0 Å². The Hall–Kier alpha value is -3.02. The van der Waals surface area contributed by atoms with E-state index in [-0.39, 0.29) is 24.3 Å². The van der Waals surface area contributed by atoms with Crippen molar-refractivity contribution in [2.24, 2.45) is 5.92 Å². The first-order valence-corrected chi connectivity index (χ1v) is 10.2. The number of ether oxygens (including phenoxy) is 2. The van der Waals surface area contributed by atoms with Crippen LogP contribution < -0.4 is 20.1 Å². The summed E-state index contributed by atoms with van der Waals surface area (Å²) in [5.74, 6) is 1.37. The van der Waals surface area contributed by atoms with Crippen molar-refractivity contribution in [3.8, 4) is 11.5 Å². The summed E-state index contributed by atoms with van der Waals surface area (Å²) in [6, 6.07) is 13.3. The molecule has 0 spiro atoms. The van der Waals surface area contributed by atoms with Crippen molar-refractivity contribution >= 4 is 17.5 Å². The molecule has 2 aromatic rings. The van der Waals surface area contributed by atoms with Crippen molar-refractivity contribution in [2.75, 3.05) is 25.1 Å². The Labute approximate surface area is 170 Å². The van der Waals surface area contributed by atoms with E-state index in [1.165, 1.54) is 17.5 Å². The number of carbonyl (C=O) groups is 2. The van der Waals surface area contributed by atoms with Gasteiger partial charge in [0.1, 0.15) is 18.1 Å². The Morgan fingerprint density at radius 2 is 1.79 bits per heavy atom. The van der Waals surface area contributed by atoms with E-state index >= 15 is 0 Å². The zero-order chi connectivity index (χ0) is 20.1. The number of carbonyl (C=O) groups excluding carboxylic acids is 2. The molecule has 0 aromatic heterocycles. The topological polar surface area (TPSA) is 76.7 Å². The van der Waals surface area contributed by atoms with E-state index in [0.717, 1.165) is 31.4 Å². The fraction of sp³-hybridized carbons (Fsp3) is 0.391. The van der Waals surface area contributed by atoms with Gasteiger partial charge >= 0.3 is 0 Å². The second kappa shape index (κ2) is 8.99. The SMILES string of the molecule is O=C(COc1cccc(NC(=O)C2CC2)c1)NCCOc1ccc2c(c1)CCC2. The van der Waals surface area contributed by atoms with Crippen LogP contribution >= 0.6 is 0 Å². The average Bonchev–Trinajstić information content (AvgIpc) is 3.48. The van der Waals surface area contributed by atoms with E-state index < -0.39 is 0 Å². The van der Waals surface area contributed by atoms with Gasteiger partial charge in [0.05, 0.1) is 6.54 Å². The molecule has 152 valence electrons. The van der Waals surface area contributed by atoms with Crippen molar-refractivity contribution in [1.82, 2.24) is 5.32 Å². The Kier molecular flexibility index (Phi) is 5.98. The maximum absolute atomic E-state index is 12.0. The second-order valence-corrected chi connectivity index (χ2v) is 7.56. The maximum atomic E-state index is 12.0. The maximum Gasteiger partial charge on any atom is 0.258 e. The van der Waals surface area contributed by atoms with Crippen molar-refractivity contribution in [2.45, 2.75) is 32.1 Å². The molecule has 2 aliphatic rings. The number of rotatable bonds is 9. The van der Waals surface area contributed by atoms with Gasteiger partial charge < -0.3 is 20.1 Å². The van der Waals surface area contributed by atoms with Crippen LogP contribution in [0.25, 0.3) is 0 Å². The van der Waals surface area contributed by atoms with Gasteiger partial charge in [-0.05, 0) is 67.5 Å². The molecule has 0 radical (unpaired) electrons. The van der Waals surface area contributed by atoms with Crippen LogP contribution in [-0.4, -0.2) is 31.6 Å². The van der Waals surface area contributed by atoms with E-state index in [1.54, 1.807) is 18.2 Å². The number of nitrogens with one attached hydrogen (secondary N) is 2. The highest BCUT2D eigenvalue weighted by molar-refractivity contribution is 5.94. The molecule has 0 bridgehead atoms.